The topological polar surface area (TPSA) is 84.0 Å². The van der Waals surface area contributed by atoms with Crippen molar-refractivity contribution < 1.29 is 14.3 Å². The van der Waals surface area contributed by atoms with Crippen LogP contribution in [0.1, 0.15) is 10.4 Å². The lowest BCUT2D eigenvalue weighted by Gasteiger charge is -1.98. The number of halogens is 1. The number of carboxylic acids is 1. The number of benzene rings is 1. The first-order chi connectivity index (χ1) is 10.1. The Balaban J connectivity index is 2.26. The van der Waals surface area contributed by atoms with Crippen molar-refractivity contribution in [1.82, 2.24) is 9.38 Å². The predicted molar refractivity (Wildman–Crippen MR) is 73.0 cm³/mol. The summed E-state index contributed by atoms with van der Waals surface area (Å²) in [4.78, 5) is 26.3. The summed E-state index contributed by atoms with van der Waals surface area (Å²) < 4.78 is 14.3. The average molecular weight is 285 g/mol. The van der Waals surface area contributed by atoms with E-state index in [4.69, 9.17) is 5.11 Å². The van der Waals surface area contributed by atoms with Crippen molar-refractivity contribution in [2.45, 2.75) is 0 Å². The van der Waals surface area contributed by atoms with E-state index in [9.17, 15) is 14.1 Å². The van der Waals surface area contributed by atoms with E-state index in [0.717, 1.165) is 0 Å². The highest BCUT2D eigenvalue weighted by Crippen LogP contribution is 2.31. The van der Waals surface area contributed by atoms with Gasteiger partial charge in [0.1, 0.15) is 17.2 Å². The van der Waals surface area contributed by atoms with Gasteiger partial charge in [0.2, 0.25) is 5.82 Å². The zero-order valence-electron chi connectivity index (χ0n) is 10.5. The number of imidazole rings is 1. The second-order valence-corrected chi connectivity index (χ2v) is 4.33. The van der Waals surface area contributed by atoms with Crippen LogP contribution in [0.5, 0.6) is 0 Å². The Bertz CT molecular complexity index is 856. The Hall–Kier alpha value is -3.09. The smallest absolute Gasteiger partial charge is 0.337 e. The summed E-state index contributed by atoms with van der Waals surface area (Å²) >= 11 is 0. The van der Waals surface area contributed by atoms with Crippen LogP contribution >= 0.6 is 0 Å². The number of aromatic carboxylic acids is 1. The Morgan fingerprint density at radius 1 is 1.19 bits per heavy atom. The Morgan fingerprint density at radius 2 is 1.90 bits per heavy atom. The fraction of sp³-hybridized carbons (Fsp3) is 0. The summed E-state index contributed by atoms with van der Waals surface area (Å²) in [5.41, 5.74) is 1.18. The summed E-state index contributed by atoms with van der Waals surface area (Å²) in [7, 11) is 0. The molecule has 3 rings (SSSR count). The lowest BCUT2D eigenvalue weighted by Crippen LogP contribution is -1.98. The Kier molecular flexibility index (Phi) is 2.94. The van der Waals surface area contributed by atoms with E-state index in [-0.39, 0.29) is 17.1 Å². The standard InChI is InChI=1S/C14H8FN3O3/c15-10-4-1-8(2-5-10)12-13(17-21)18-7-9(14(19)20)3-6-11(18)16-12/h1-7H,(H,19,20). The zero-order chi connectivity index (χ0) is 15.0. The molecule has 2 heterocycles. The van der Waals surface area contributed by atoms with Crippen LogP contribution < -0.4 is 0 Å². The summed E-state index contributed by atoms with van der Waals surface area (Å²) in [5, 5.41) is 11.9. The number of carboxylic acid groups (broad SMARTS) is 1. The van der Waals surface area contributed by atoms with Crippen LogP contribution in [0.25, 0.3) is 16.9 Å². The van der Waals surface area contributed by atoms with E-state index in [1.165, 1.54) is 47.0 Å². The number of rotatable bonds is 3. The minimum atomic E-state index is -1.12. The SMILES string of the molecule is O=Nc1c(-c2ccc(F)cc2)nc2ccc(C(=O)O)cn12. The molecule has 0 fully saturated rings. The van der Waals surface area contributed by atoms with Crippen LogP contribution in [0.4, 0.5) is 10.2 Å². The summed E-state index contributed by atoms with van der Waals surface area (Å²) in [6, 6.07) is 8.31. The summed E-state index contributed by atoms with van der Waals surface area (Å²) in [6.45, 7) is 0. The number of fused-ring (bicyclic) bond motifs is 1. The van der Waals surface area contributed by atoms with E-state index in [0.29, 0.717) is 11.2 Å². The first kappa shape index (κ1) is 12.9. The molecule has 104 valence electrons. The van der Waals surface area contributed by atoms with Gasteiger partial charge in [-0.3, -0.25) is 4.40 Å². The number of hydrogen-bond acceptors (Lipinski definition) is 4. The second-order valence-electron chi connectivity index (χ2n) is 4.33. The molecule has 7 heteroatoms. The molecule has 0 bridgehead atoms. The molecule has 0 saturated carbocycles. The first-order valence-electron chi connectivity index (χ1n) is 5.95. The average Bonchev–Trinajstić information content (AvgIpc) is 2.85. The molecule has 21 heavy (non-hydrogen) atoms. The van der Waals surface area contributed by atoms with Crippen molar-refractivity contribution in [3.05, 3.63) is 58.9 Å². The van der Waals surface area contributed by atoms with Crippen LogP contribution in [0.3, 0.4) is 0 Å². The number of pyridine rings is 1. The van der Waals surface area contributed by atoms with Crippen molar-refractivity contribution >= 4 is 17.4 Å². The molecular weight excluding hydrogens is 277 g/mol. The third-order valence-corrected chi connectivity index (χ3v) is 3.04. The molecule has 0 aliphatic carbocycles. The van der Waals surface area contributed by atoms with Gasteiger partial charge in [-0.15, -0.1) is 4.91 Å². The fourth-order valence-corrected chi connectivity index (χ4v) is 2.05. The van der Waals surface area contributed by atoms with Crippen LogP contribution in [-0.4, -0.2) is 20.5 Å². The largest absolute Gasteiger partial charge is 0.478 e. The number of nitrogens with zero attached hydrogens (tertiary/aromatic N) is 3. The third kappa shape index (κ3) is 2.14. The van der Waals surface area contributed by atoms with Gasteiger partial charge in [0.25, 0.3) is 0 Å². The summed E-state index contributed by atoms with van der Waals surface area (Å²) in [5.74, 6) is -1.55. The van der Waals surface area contributed by atoms with Gasteiger partial charge in [-0.1, -0.05) is 0 Å². The molecule has 3 aromatic rings. The molecule has 1 aromatic carbocycles. The maximum absolute atomic E-state index is 13.0. The third-order valence-electron chi connectivity index (χ3n) is 3.04. The molecule has 0 unspecified atom stereocenters. The molecule has 1 N–H and O–H groups in total. The molecule has 0 aliphatic rings. The van der Waals surface area contributed by atoms with Crippen LogP contribution in [0.2, 0.25) is 0 Å². The first-order valence-corrected chi connectivity index (χ1v) is 5.95. The molecule has 0 atom stereocenters. The normalized spacial score (nSPS) is 10.7. The van der Waals surface area contributed by atoms with Crippen molar-refractivity contribution in [3.63, 3.8) is 0 Å². The number of aromatic nitrogens is 2. The Morgan fingerprint density at radius 3 is 2.52 bits per heavy atom. The van der Waals surface area contributed by atoms with Gasteiger partial charge in [0, 0.05) is 11.8 Å². The number of hydrogen-bond donors (Lipinski definition) is 1. The van der Waals surface area contributed by atoms with Crippen molar-refractivity contribution in [2.24, 2.45) is 5.18 Å². The van der Waals surface area contributed by atoms with Crippen LogP contribution in [-0.2, 0) is 0 Å². The van der Waals surface area contributed by atoms with E-state index < -0.39 is 11.8 Å². The highest BCUT2D eigenvalue weighted by atomic mass is 19.1. The molecule has 0 saturated heterocycles. The van der Waals surface area contributed by atoms with E-state index in [2.05, 4.69) is 10.2 Å². The maximum Gasteiger partial charge on any atom is 0.337 e. The molecular formula is C14H8FN3O3. The summed E-state index contributed by atoms with van der Waals surface area (Å²) in [6.07, 6.45) is 1.27. The highest BCUT2D eigenvalue weighted by molar-refractivity contribution is 5.88. The van der Waals surface area contributed by atoms with Gasteiger partial charge >= 0.3 is 5.97 Å². The van der Waals surface area contributed by atoms with Crippen LogP contribution in [0, 0.1) is 10.7 Å². The van der Waals surface area contributed by atoms with Gasteiger partial charge in [-0.2, -0.15) is 0 Å². The van der Waals surface area contributed by atoms with Crippen molar-refractivity contribution in [2.75, 3.05) is 0 Å². The molecule has 0 radical (unpaired) electrons. The highest BCUT2D eigenvalue weighted by Gasteiger charge is 2.16. The molecule has 0 amide bonds. The maximum atomic E-state index is 13.0. The molecule has 6 nitrogen and oxygen atoms in total. The van der Waals surface area contributed by atoms with E-state index >= 15 is 0 Å². The predicted octanol–water partition coefficient (Wildman–Crippen LogP) is 3.24. The van der Waals surface area contributed by atoms with Crippen LogP contribution in [0.15, 0.2) is 47.8 Å². The van der Waals surface area contributed by atoms with Gasteiger partial charge in [-0.05, 0) is 41.6 Å². The minimum absolute atomic E-state index is 0.00968. The van der Waals surface area contributed by atoms with Gasteiger partial charge in [0.15, 0.2) is 0 Å². The lowest BCUT2D eigenvalue weighted by atomic mass is 10.1. The Labute approximate surface area is 117 Å². The van der Waals surface area contributed by atoms with Gasteiger partial charge in [-0.25, -0.2) is 14.2 Å². The second kappa shape index (κ2) is 4.78. The molecule has 2 aromatic heterocycles. The zero-order valence-corrected chi connectivity index (χ0v) is 10.5. The quantitative estimate of drug-likeness (QED) is 0.749. The van der Waals surface area contributed by atoms with Gasteiger partial charge in [0.05, 0.1) is 5.56 Å². The molecule has 0 spiro atoms. The number of nitroso groups, excluding NO2 is 1. The molecule has 0 aliphatic heterocycles. The number of carbonyl (C=O) groups is 1. The van der Waals surface area contributed by atoms with E-state index in [1.54, 1.807) is 0 Å². The minimum Gasteiger partial charge on any atom is -0.478 e. The monoisotopic (exact) mass is 285 g/mol. The van der Waals surface area contributed by atoms with E-state index in [1.807, 2.05) is 0 Å². The fourth-order valence-electron chi connectivity index (χ4n) is 2.05. The van der Waals surface area contributed by atoms with Crippen molar-refractivity contribution in [1.29, 1.82) is 0 Å². The van der Waals surface area contributed by atoms with Crippen molar-refractivity contribution in [3.8, 4) is 11.3 Å². The van der Waals surface area contributed by atoms with Gasteiger partial charge < -0.3 is 5.11 Å². The lowest BCUT2D eigenvalue weighted by molar-refractivity contribution is 0.0696.